The van der Waals surface area contributed by atoms with Crippen molar-refractivity contribution in [2.24, 2.45) is 0 Å². The van der Waals surface area contributed by atoms with E-state index < -0.39 is 6.10 Å². The Morgan fingerprint density at radius 2 is 2.11 bits per heavy atom. The van der Waals surface area contributed by atoms with Crippen LogP contribution in [0.1, 0.15) is 28.8 Å². The topological polar surface area (TPSA) is 64.4 Å². The minimum Gasteiger partial charge on any atom is -0.389 e. The first-order valence-electron chi connectivity index (χ1n) is 9.12. The zero-order valence-corrected chi connectivity index (χ0v) is 16.4. The van der Waals surface area contributed by atoms with Crippen LogP contribution >= 0.6 is 22.9 Å². The molecule has 1 aliphatic rings. The van der Waals surface area contributed by atoms with Crippen molar-refractivity contribution in [1.82, 2.24) is 9.55 Å². The van der Waals surface area contributed by atoms with Gasteiger partial charge in [-0.25, -0.2) is 4.98 Å². The summed E-state index contributed by atoms with van der Waals surface area (Å²) >= 11 is 7.73. The molecule has 0 saturated heterocycles. The fraction of sp³-hybridized carbons (Fsp3) is 0.400. The van der Waals surface area contributed by atoms with E-state index in [-0.39, 0.29) is 18.7 Å². The van der Waals surface area contributed by atoms with E-state index in [2.05, 4.69) is 4.98 Å². The Bertz CT molecular complexity index is 1010. The molecule has 1 N–H and O–H groups in total. The van der Waals surface area contributed by atoms with E-state index in [9.17, 15) is 9.90 Å². The fourth-order valence-electron chi connectivity index (χ4n) is 3.51. The second-order valence-electron chi connectivity index (χ2n) is 6.85. The summed E-state index contributed by atoms with van der Waals surface area (Å²) in [5.74, 6) is 0. The molecule has 27 heavy (non-hydrogen) atoms. The maximum Gasteiger partial charge on any atom is 0.262 e. The van der Waals surface area contributed by atoms with Crippen LogP contribution in [0, 0.1) is 0 Å². The lowest BCUT2D eigenvalue weighted by Crippen LogP contribution is -2.29. The largest absolute Gasteiger partial charge is 0.389 e. The van der Waals surface area contributed by atoms with Gasteiger partial charge in [0.1, 0.15) is 4.83 Å². The van der Waals surface area contributed by atoms with E-state index in [0.717, 1.165) is 40.6 Å². The van der Waals surface area contributed by atoms with Crippen molar-refractivity contribution >= 4 is 33.2 Å². The molecule has 1 unspecified atom stereocenters. The maximum absolute atomic E-state index is 12.9. The molecule has 7 heteroatoms. The van der Waals surface area contributed by atoms with E-state index in [1.807, 2.05) is 18.2 Å². The number of rotatable bonds is 6. The van der Waals surface area contributed by atoms with Crippen LogP contribution in [0.25, 0.3) is 10.2 Å². The average molecular weight is 405 g/mol. The van der Waals surface area contributed by atoms with Gasteiger partial charge in [0.15, 0.2) is 0 Å². The van der Waals surface area contributed by atoms with Gasteiger partial charge in [0.2, 0.25) is 0 Å². The van der Waals surface area contributed by atoms with Gasteiger partial charge in [-0.2, -0.15) is 0 Å². The molecule has 142 valence electrons. The lowest BCUT2D eigenvalue weighted by molar-refractivity contribution is 0.0198. The first-order valence-corrected chi connectivity index (χ1v) is 10.3. The minimum absolute atomic E-state index is 0.0652. The predicted molar refractivity (Wildman–Crippen MR) is 108 cm³/mol. The molecule has 1 atom stereocenters. The van der Waals surface area contributed by atoms with E-state index in [1.165, 1.54) is 22.2 Å². The third kappa shape index (κ3) is 3.94. The molecule has 0 fully saturated rings. The normalized spacial score (nSPS) is 15.0. The first kappa shape index (κ1) is 18.6. The number of hydrogen-bond donors (Lipinski definition) is 1. The Kier molecular flexibility index (Phi) is 5.59. The van der Waals surface area contributed by atoms with Gasteiger partial charge in [0, 0.05) is 9.90 Å². The van der Waals surface area contributed by atoms with Crippen molar-refractivity contribution in [3.63, 3.8) is 0 Å². The monoisotopic (exact) mass is 404 g/mol. The number of ether oxygens (including phenoxy) is 1. The van der Waals surface area contributed by atoms with E-state index in [0.29, 0.717) is 11.6 Å². The van der Waals surface area contributed by atoms with Gasteiger partial charge >= 0.3 is 0 Å². The number of nitrogens with zero attached hydrogens (tertiary/aromatic N) is 2. The molecule has 0 saturated carbocycles. The molecule has 0 radical (unpaired) electrons. The van der Waals surface area contributed by atoms with E-state index in [1.54, 1.807) is 17.4 Å². The van der Waals surface area contributed by atoms with Crippen molar-refractivity contribution < 1.29 is 9.84 Å². The molecule has 0 amide bonds. The lowest BCUT2D eigenvalue weighted by atomic mass is 9.97. The molecular formula is C20H21ClN2O3S. The number of aromatic nitrogens is 2. The van der Waals surface area contributed by atoms with E-state index >= 15 is 0 Å². The number of benzene rings is 1. The molecule has 1 aliphatic carbocycles. The van der Waals surface area contributed by atoms with Crippen molar-refractivity contribution in [3.05, 3.63) is 62.0 Å². The van der Waals surface area contributed by atoms with Crippen LogP contribution in [0.5, 0.6) is 0 Å². The molecule has 0 bridgehead atoms. The number of halogens is 1. The summed E-state index contributed by atoms with van der Waals surface area (Å²) in [7, 11) is 0. The molecular weight excluding hydrogens is 384 g/mol. The van der Waals surface area contributed by atoms with Crippen LogP contribution in [0.4, 0.5) is 0 Å². The Labute approximate surface area is 166 Å². The number of aryl methyl sites for hydroxylation is 2. The molecule has 4 rings (SSSR count). The highest BCUT2D eigenvalue weighted by Crippen LogP contribution is 2.33. The van der Waals surface area contributed by atoms with Crippen LogP contribution in [0.2, 0.25) is 5.02 Å². The van der Waals surface area contributed by atoms with Gasteiger partial charge in [0.05, 0.1) is 37.6 Å². The molecule has 2 heterocycles. The number of hydrogen-bond acceptors (Lipinski definition) is 5. The van der Waals surface area contributed by atoms with Crippen LogP contribution in [0.3, 0.4) is 0 Å². The van der Waals surface area contributed by atoms with Gasteiger partial charge in [-0.3, -0.25) is 9.36 Å². The Balaban J connectivity index is 1.44. The van der Waals surface area contributed by atoms with Gasteiger partial charge in [-0.1, -0.05) is 29.8 Å². The average Bonchev–Trinajstić information content (AvgIpc) is 3.05. The number of thiophene rings is 1. The van der Waals surface area contributed by atoms with E-state index in [4.69, 9.17) is 16.3 Å². The zero-order valence-electron chi connectivity index (χ0n) is 14.9. The highest BCUT2D eigenvalue weighted by atomic mass is 35.5. The number of aliphatic hydroxyl groups is 1. The van der Waals surface area contributed by atoms with Crippen LogP contribution in [0.15, 0.2) is 35.4 Å². The summed E-state index contributed by atoms with van der Waals surface area (Å²) in [6.45, 7) is 0.604. The van der Waals surface area contributed by atoms with Crippen molar-refractivity contribution in [1.29, 1.82) is 0 Å². The van der Waals surface area contributed by atoms with Crippen molar-refractivity contribution in [3.8, 4) is 0 Å². The van der Waals surface area contributed by atoms with Gasteiger partial charge in [-0.15, -0.1) is 11.3 Å². The number of aliphatic hydroxyl groups excluding tert-OH is 1. The van der Waals surface area contributed by atoms with Gasteiger partial charge in [0.25, 0.3) is 5.56 Å². The predicted octanol–water partition coefficient (Wildman–Crippen LogP) is 3.57. The summed E-state index contributed by atoms with van der Waals surface area (Å²) < 4.78 is 7.06. The highest BCUT2D eigenvalue weighted by molar-refractivity contribution is 7.18. The molecule has 5 nitrogen and oxygen atoms in total. The van der Waals surface area contributed by atoms with Gasteiger partial charge < -0.3 is 9.84 Å². The van der Waals surface area contributed by atoms with Crippen LogP contribution < -0.4 is 5.56 Å². The SMILES string of the molecule is O=c1c2c3c(sc2ncn1CC(O)COCc1ccccc1Cl)CCCC3. The summed E-state index contributed by atoms with van der Waals surface area (Å²) in [5.41, 5.74) is 1.97. The third-order valence-electron chi connectivity index (χ3n) is 4.87. The highest BCUT2D eigenvalue weighted by Gasteiger charge is 2.20. The quantitative estimate of drug-likeness (QED) is 0.682. The fourth-order valence-corrected chi connectivity index (χ4v) is 4.92. The molecule has 0 aliphatic heterocycles. The second-order valence-corrected chi connectivity index (χ2v) is 8.34. The summed E-state index contributed by atoms with van der Waals surface area (Å²) in [5, 5.41) is 11.7. The molecule has 1 aromatic carbocycles. The maximum atomic E-state index is 12.9. The Hall–Kier alpha value is -1.73. The summed E-state index contributed by atoms with van der Waals surface area (Å²) in [4.78, 5) is 19.5. The summed E-state index contributed by atoms with van der Waals surface area (Å²) in [6, 6.07) is 7.44. The first-order chi connectivity index (χ1) is 13.1. The van der Waals surface area contributed by atoms with Crippen LogP contribution in [-0.4, -0.2) is 27.4 Å². The third-order valence-corrected chi connectivity index (χ3v) is 6.44. The smallest absolute Gasteiger partial charge is 0.262 e. The number of fused-ring (bicyclic) bond motifs is 3. The van der Waals surface area contributed by atoms with Crippen LogP contribution in [-0.2, 0) is 30.7 Å². The Morgan fingerprint density at radius 3 is 2.96 bits per heavy atom. The van der Waals surface area contributed by atoms with Crippen molar-refractivity contribution in [2.45, 2.75) is 44.9 Å². The zero-order chi connectivity index (χ0) is 18.8. The molecule has 3 aromatic rings. The standard InChI is InChI=1S/C20H21ClN2O3S/c21-16-7-3-1-5-13(16)10-26-11-14(24)9-23-12-22-19-18(20(23)25)15-6-2-4-8-17(15)27-19/h1,3,5,7,12,14,24H,2,4,6,8-11H2. The lowest BCUT2D eigenvalue weighted by Gasteiger charge is -2.14. The van der Waals surface area contributed by atoms with Crippen molar-refractivity contribution in [2.75, 3.05) is 6.61 Å². The summed E-state index contributed by atoms with van der Waals surface area (Å²) in [6.07, 6.45) is 5.01. The Morgan fingerprint density at radius 1 is 1.30 bits per heavy atom. The second kappa shape index (κ2) is 8.10. The molecule has 2 aromatic heterocycles. The van der Waals surface area contributed by atoms with Gasteiger partial charge in [-0.05, 0) is 42.9 Å². The minimum atomic E-state index is -0.793. The molecule has 0 spiro atoms.